The molecule has 0 unspecified atom stereocenters. The van der Waals surface area contributed by atoms with E-state index in [0.29, 0.717) is 0 Å². The second-order valence-corrected chi connectivity index (χ2v) is 4.04. The summed E-state index contributed by atoms with van der Waals surface area (Å²) in [5, 5.41) is 2.38. The smallest absolute Gasteiger partial charge is 0.744 e. The number of anilines is 1. The molecule has 9 heteroatoms. The van der Waals surface area contributed by atoms with Crippen LogP contribution < -0.4 is 34.9 Å². The van der Waals surface area contributed by atoms with Crippen LogP contribution in [0.3, 0.4) is 0 Å². The molecule has 0 bridgehead atoms. The maximum Gasteiger partial charge on any atom is 1.00 e. The Kier molecular flexibility index (Phi) is 11.0. The molecular weight excluding hydrogens is 261 g/mol. The first-order valence-corrected chi connectivity index (χ1v) is 5.14. The third kappa shape index (κ3) is 7.45. The predicted molar refractivity (Wildman–Crippen MR) is 55.9 cm³/mol. The summed E-state index contributed by atoms with van der Waals surface area (Å²) in [6.07, 6.45) is 0. The van der Waals surface area contributed by atoms with Gasteiger partial charge < -0.3 is 20.8 Å². The normalized spacial score (nSPS) is 9.06. The maximum absolute atomic E-state index is 10.6. The molecule has 92 valence electrons. The van der Waals surface area contributed by atoms with Gasteiger partial charge in [0.15, 0.2) is 0 Å². The summed E-state index contributed by atoms with van der Waals surface area (Å²) in [7, 11) is -4.46. The van der Waals surface area contributed by atoms with Crippen LogP contribution in [0, 0.1) is 0 Å². The van der Waals surface area contributed by atoms with Crippen molar-refractivity contribution >= 4 is 21.7 Å². The first kappa shape index (κ1) is 21.8. The van der Waals surface area contributed by atoms with Crippen LogP contribution in [0.1, 0.15) is 6.92 Å². The number of hydrogen-bond donors (Lipinski definition) is 1. The molecule has 0 heterocycles. The van der Waals surface area contributed by atoms with E-state index in [-0.39, 0.29) is 57.0 Å². The van der Waals surface area contributed by atoms with Crippen molar-refractivity contribution in [3.05, 3.63) is 24.3 Å². The molecule has 0 saturated heterocycles. The molecule has 0 spiro atoms. The molecule has 17 heavy (non-hydrogen) atoms. The van der Waals surface area contributed by atoms with Crippen LogP contribution in [0.15, 0.2) is 29.2 Å². The van der Waals surface area contributed by atoms with Gasteiger partial charge in [0.2, 0.25) is 5.91 Å². The van der Waals surface area contributed by atoms with Crippen molar-refractivity contribution in [1.29, 1.82) is 0 Å². The van der Waals surface area contributed by atoms with Crippen molar-refractivity contribution in [3.63, 3.8) is 0 Å². The number of rotatable bonds is 2. The first-order chi connectivity index (χ1) is 6.39. The van der Waals surface area contributed by atoms with Crippen LogP contribution in [0.2, 0.25) is 0 Å². The predicted octanol–water partition coefficient (Wildman–Crippen LogP) is -4.10. The van der Waals surface area contributed by atoms with Gasteiger partial charge in [0.1, 0.15) is 10.1 Å². The van der Waals surface area contributed by atoms with E-state index in [0.717, 1.165) is 6.07 Å². The average Bonchev–Trinajstić information content (AvgIpc) is 2.01. The number of carbonyl (C=O) groups excluding carboxylic acids is 1. The van der Waals surface area contributed by atoms with Crippen molar-refractivity contribution in [2.45, 2.75) is 11.8 Å². The molecule has 0 aliphatic rings. The number of hydrogen-bond acceptors (Lipinski definition) is 4. The Labute approximate surface area is 121 Å². The van der Waals surface area contributed by atoms with Crippen molar-refractivity contribution in [1.82, 2.24) is 0 Å². The standard InChI is InChI=1S/C8H9NO4S.Na.2H2O/c1-6(10)9-7-3-2-4-8(5-7)14(11,12)13;;;/h2-5H,1H3,(H,9,10)(H,11,12,13);;2*1H2/q;+1;;/p-1. The van der Waals surface area contributed by atoms with Crippen molar-refractivity contribution in [2.24, 2.45) is 0 Å². The molecule has 7 nitrogen and oxygen atoms in total. The minimum Gasteiger partial charge on any atom is -0.744 e. The summed E-state index contributed by atoms with van der Waals surface area (Å²) < 4.78 is 31.8. The first-order valence-electron chi connectivity index (χ1n) is 3.73. The van der Waals surface area contributed by atoms with Gasteiger partial charge in [-0.2, -0.15) is 0 Å². The zero-order valence-electron chi connectivity index (χ0n) is 9.35. The average molecular weight is 273 g/mol. The summed E-state index contributed by atoms with van der Waals surface area (Å²) >= 11 is 0. The molecule has 0 radical (unpaired) electrons. The molecule has 0 aliphatic carbocycles. The van der Waals surface area contributed by atoms with E-state index in [9.17, 15) is 17.8 Å². The van der Waals surface area contributed by atoms with E-state index in [4.69, 9.17) is 0 Å². The Hall–Kier alpha value is -0.480. The Morgan fingerprint density at radius 1 is 1.29 bits per heavy atom. The summed E-state index contributed by atoms with van der Waals surface area (Å²) in [5.74, 6) is -0.328. The number of carbonyl (C=O) groups is 1. The van der Waals surface area contributed by atoms with Gasteiger partial charge >= 0.3 is 29.6 Å². The zero-order chi connectivity index (χ0) is 10.8. The fraction of sp³-hybridized carbons (Fsp3) is 0.125. The van der Waals surface area contributed by atoms with Gasteiger partial charge in [0.05, 0.1) is 4.90 Å². The van der Waals surface area contributed by atoms with Gasteiger partial charge in [-0.25, -0.2) is 8.42 Å². The van der Waals surface area contributed by atoms with E-state index >= 15 is 0 Å². The van der Waals surface area contributed by atoms with E-state index in [1.165, 1.54) is 25.1 Å². The number of nitrogens with one attached hydrogen (secondary N) is 1. The number of amides is 1. The Balaban J connectivity index is -0.000000653. The Morgan fingerprint density at radius 3 is 2.24 bits per heavy atom. The maximum atomic E-state index is 10.6. The third-order valence-corrected chi connectivity index (χ3v) is 2.27. The molecule has 1 rings (SSSR count). The molecule has 0 aromatic heterocycles. The van der Waals surface area contributed by atoms with Gasteiger partial charge in [-0.3, -0.25) is 4.79 Å². The SMILES string of the molecule is CC(=O)Nc1cccc(S(=O)(=O)[O-])c1.O.O.[Na+]. The molecule has 0 saturated carbocycles. The quantitative estimate of drug-likeness (QED) is 0.430. The Morgan fingerprint density at radius 2 is 1.82 bits per heavy atom. The van der Waals surface area contributed by atoms with E-state index in [2.05, 4.69) is 5.32 Å². The molecule has 0 atom stereocenters. The van der Waals surface area contributed by atoms with Crippen LogP contribution in [-0.2, 0) is 14.9 Å². The molecule has 1 aromatic rings. The van der Waals surface area contributed by atoms with Gasteiger partial charge in [-0.15, -0.1) is 0 Å². The van der Waals surface area contributed by atoms with Gasteiger partial charge in [-0.1, -0.05) is 6.07 Å². The molecule has 0 aliphatic heterocycles. The minimum absolute atomic E-state index is 0. The van der Waals surface area contributed by atoms with Gasteiger partial charge in [-0.05, 0) is 18.2 Å². The second kappa shape index (κ2) is 8.59. The van der Waals surface area contributed by atoms with Crippen LogP contribution in [0.4, 0.5) is 5.69 Å². The van der Waals surface area contributed by atoms with E-state index in [1.54, 1.807) is 0 Å². The third-order valence-electron chi connectivity index (χ3n) is 1.44. The monoisotopic (exact) mass is 273 g/mol. The molecule has 1 aromatic carbocycles. The van der Waals surface area contributed by atoms with Crippen molar-refractivity contribution in [2.75, 3.05) is 5.32 Å². The molecular formula is C8H12NNaO6S. The molecule has 1 amide bonds. The summed E-state index contributed by atoms with van der Waals surface area (Å²) in [6.45, 7) is 1.29. The number of benzene rings is 1. The second-order valence-electron chi connectivity index (χ2n) is 2.66. The summed E-state index contributed by atoms with van der Waals surface area (Å²) in [5.41, 5.74) is 0.287. The molecule has 0 fully saturated rings. The summed E-state index contributed by atoms with van der Waals surface area (Å²) in [6, 6.07) is 5.17. The van der Waals surface area contributed by atoms with E-state index in [1.807, 2.05) is 0 Å². The fourth-order valence-corrected chi connectivity index (χ4v) is 1.45. The van der Waals surface area contributed by atoms with Crippen molar-refractivity contribution in [3.8, 4) is 0 Å². The molecule has 5 N–H and O–H groups in total. The van der Waals surface area contributed by atoms with Crippen LogP contribution in [0.25, 0.3) is 0 Å². The minimum atomic E-state index is -4.46. The van der Waals surface area contributed by atoms with Crippen LogP contribution in [0.5, 0.6) is 0 Å². The van der Waals surface area contributed by atoms with Crippen molar-refractivity contribution < 1.29 is 58.3 Å². The van der Waals surface area contributed by atoms with Crippen LogP contribution in [-0.4, -0.2) is 29.8 Å². The van der Waals surface area contributed by atoms with E-state index < -0.39 is 10.1 Å². The zero-order valence-corrected chi connectivity index (χ0v) is 12.2. The topological polar surface area (TPSA) is 149 Å². The summed E-state index contributed by atoms with van der Waals surface area (Å²) in [4.78, 5) is 10.3. The largest absolute Gasteiger partial charge is 1.00 e. The van der Waals surface area contributed by atoms with Gasteiger partial charge in [0.25, 0.3) is 0 Å². The Bertz CT molecular complexity index is 461. The van der Waals surface area contributed by atoms with Crippen LogP contribution >= 0.6 is 0 Å². The fourth-order valence-electron chi connectivity index (χ4n) is 0.933. The van der Waals surface area contributed by atoms with Gasteiger partial charge in [0, 0.05) is 12.6 Å².